The maximum atomic E-state index is 6.23. The summed E-state index contributed by atoms with van der Waals surface area (Å²) < 4.78 is 11.7. The number of furan rings is 1. The highest BCUT2D eigenvalue weighted by Crippen LogP contribution is 2.26. The van der Waals surface area contributed by atoms with Gasteiger partial charge in [-0.15, -0.1) is 0 Å². The van der Waals surface area contributed by atoms with E-state index in [1.807, 2.05) is 12.1 Å². The molecule has 1 saturated heterocycles. The topological polar surface area (TPSA) is 50.0 Å². The Morgan fingerprint density at radius 2 is 2.07 bits per heavy atom. The second-order valence-corrected chi connectivity index (χ2v) is 8.16. The van der Waals surface area contributed by atoms with Crippen LogP contribution in [0.1, 0.15) is 64.6 Å². The fraction of sp³-hybridized carbons (Fsp3) is 0.773. The third kappa shape index (κ3) is 6.56. The fourth-order valence-corrected chi connectivity index (χ4v) is 3.97. The van der Waals surface area contributed by atoms with E-state index in [-0.39, 0.29) is 0 Å². The summed E-state index contributed by atoms with van der Waals surface area (Å²) >= 11 is 0. The van der Waals surface area contributed by atoms with Crippen molar-refractivity contribution in [2.24, 2.45) is 10.9 Å². The van der Waals surface area contributed by atoms with Crippen LogP contribution in [-0.4, -0.2) is 49.2 Å². The number of guanidine groups is 1. The van der Waals surface area contributed by atoms with Crippen LogP contribution in [0.3, 0.4) is 0 Å². The summed E-state index contributed by atoms with van der Waals surface area (Å²) in [5.74, 6) is 2.86. The molecular weight excluding hydrogens is 338 g/mol. The maximum absolute atomic E-state index is 6.23. The van der Waals surface area contributed by atoms with Gasteiger partial charge in [-0.05, 0) is 57.1 Å². The van der Waals surface area contributed by atoms with Crippen molar-refractivity contribution >= 4 is 5.96 Å². The van der Waals surface area contributed by atoms with E-state index in [9.17, 15) is 0 Å². The second kappa shape index (κ2) is 10.7. The Bertz CT molecular complexity index is 544. The standard InChI is InChI=1S/C22H37N3O2/c1-3-18(2)24-22(23-13-10-20-9-6-16-26-20)25-14-11-21(12-15-25)27-17-19-7-4-5-8-19/h6,9,16,18-19,21H,3-5,7-8,10-15,17H2,1-2H3,(H,23,24). The van der Waals surface area contributed by atoms with E-state index in [1.165, 1.54) is 25.7 Å². The molecule has 1 aromatic heterocycles. The Morgan fingerprint density at radius 3 is 2.74 bits per heavy atom. The first-order chi connectivity index (χ1) is 13.2. The molecule has 2 fully saturated rings. The normalized spacial score (nSPS) is 21.0. The van der Waals surface area contributed by atoms with Gasteiger partial charge in [-0.3, -0.25) is 4.99 Å². The zero-order valence-electron chi connectivity index (χ0n) is 17.2. The van der Waals surface area contributed by atoms with E-state index in [0.717, 1.165) is 69.6 Å². The Balaban J connectivity index is 1.46. The molecule has 5 heteroatoms. The van der Waals surface area contributed by atoms with Gasteiger partial charge in [0.1, 0.15) is 5.76 Å². The highest BCUT2D eigenvalue weighted by Gasteiger charge is 2.24. The molecule has 1 atom stereocenters. The molecule has 0 bridgehead atoms. The van der Waals surface area contributed by atoms with Gasteiger partial charge in [0.25, 0.3) is 0 Å². The van der Waals surface area contributed by atoms with Crippen LogP contribution in [0.15, 0.2) is 27.8 Å². The number of nitrogens with zero attached hydrogens (tertiary/aromatic N) is 2. The van der Waals surface area contributed by atoms with Gasteiger partial charge < -0.3 is 19.4 Å². The van der Waals surface area contributed by atoms with Crippen molar-refractivity contribution in [1.29, 1.82) is 0 Å². The molecule has 0 amide bonds. The maximum Gasteiger partial charge on any atom is 0.194 e. The lowest BCUT2D eigenvalue weighted by molar-refractivity contribution is 0.000939. The van der Waals surface area contributed by atoms with Gasteiger partial charge in [-0.2, -0.15) is 0 Å². The van der Waals surface area contributed by atoms with Crippen LogP contribution in [0.5, 0.6) is 0 Å². The van der Waals surface area contributed by atoms with Crippen LogP contribution >= 0.6 is 0 Å². The predicted molar refractivity (Wildman–Crippen MR) is 110 cm³/mol. The molecule has 3 rings (SSSR count). The van der Waals surface area contributed by atoms with Gasteiger partial charge in [0.15, 0.2) is 5.96 Å². The lowest BCUT2D eigenvalue weighted by Crippen LogP contribution is -2.49. The molecule has 1 aliphatic heterocycles. The van der Waals surface area contributed by atoms with Crippen LogP contribution in [0.4, 0.5) is 0 Å². The summed E-state index contributed by atoms with van der Waals surface area (Å²) in [5, 5.41) is 3.61. The van der Waals surface area contributed by atoms with Crippen molar-refractivity contribution in [3.8, 4) is 0 Å². The Labute approximate surface area is 164 Å². The van der Waals surface area contributed by atoms with E-state index < -0.39 is 0 Å². The van der Waals surface area contributed by atoms with Crippen LogP contribution < -0.4 is 5.32 Å². The van der Waals surface area contributed by atoms with Gasteiger partial charge in [0, 0.05) is 38.7 Å². The number of aliphatic imine (C=N–C) groups is 1. The largest absolute Gasteiger partial charge is 0.469 e. The number of nitrogens with one attached hydrogen (secondary N) is 1. The summed E-state index contributed by atoms with van der Waals surface area (Å²) in [7, 11) is 0. The van der Waals surface area contributed by atoms with Crippen LogP contribution in [0, 0.1) is 5.92 Å². The summed E-state index contributed by atoms with van der Waals surface area (Å²) in [5.41, 5.74) is 0. The molecule has 27 heavy (non-hydrogen) atoms. The van der Waals surface area contributed by atoms with Gasteiger partial charge in [0.2, 0.25) is 0 Å². The Morgan fingerprint density at radius 1 is 1.30 bits per heavy atom. The molecule has 1 aliphatic carbocycles. The summed E-state index contributed by atoms with van der Waals surface area (Å²) in [6, 6.07) is 4.39. The first-order valence-electron chi connectivity index (χ1n) is 10.9. The first-order valence-corrected chi connectivity index (χ1v) is 10.9. The third-order valence-electron chi connectivity index (χ3n) is 5.97. The number of rotatable bonds is 8. The second-order valence-electron chi connectivity index (χ2n) is 8.16. The number of hydrogen-bond acceptors (Lipinski definition) is 3. The van der Waals surface area contributed by atoms with E-state index >= 15 is 0 Å². The molecule has 0 radical (unpaired) electrons. The van der Waals surface area contributed by atoms with E-state index in [2.05, 4.69) is 24.1 Å². The van der Waals surface area contributed by atoms with Crippen LogP contribution in [-0.2, 0) is 11.2 Å². The molecule has 0 spiro atoms. The molecule has 1 N–H and O–H groups in total. The molecule has 5 nitrogen and oxygen atoms in total. The number of hydrogen-bond donors (Lipinski definition) is 1. The van der Waals surface area contributed by atoms with Crippen LogP contribution in [0.2, 0.25) is 0 Å². The average molecular weight is 376 g/mol. The highest BCUT2D eigenvalue weighted by atomic mass is 16.5. The van der Waals surface area contributed by atoms with Gasteiger partial charge >= 0.3 is 0 Å². The van der Waals surface area contributed by atoms with Gasteiger partial charge in [0.05, 0.1) is 12.4 Å². The number of piperidine rings is 1. The Hall–Kier alpha value is -1.49. The molecule has 1 unspecified atom stereocenters. The monoisotopic (exact) mass is 375 g/mol. The molecule has 0 aromatic carbocycles. The first kappa shape index (κ1) is 20.2. The summed E-state index contributed by atoms with van der Waals surface area (Å²) in [4.78, 5) is 7.28. The minimum absolute atomic E-state index is 0.426. The van der Waals surface area contributed by atoms with Crippen molar-refractivity contribution in [2.45, 2.75) is 77.4 Å². The van der Waals surface area contributed by atoms with Crippen molar-refractivity contribution < 1.29 is 9.15 Å². The summed E-state index contributed by atoms with van der Waals surface area (Å²) in [6.07, 6.45) is 11.8. The van der Waals surface area contributed by atoms with Crippen molar-refractivity contribution in [2.75, 3.05) is 26.2 Å². The van der Waals surface area contributed by atoms with Crippen molar-refractivity contribution in [3.05, 3.63) is 24.2 Å². The number of likely N-dealkylation sites (tertiary alicyclic amines) is 1. The quantitative estimate of drug-likeness (QED) is 0.545. The number of ether oxygens (including phenoxy) is 1. The minimum Gasteiger partial charge on any atom is -0.469 e. The molecule has 152 valence electrons. The Kier molecular flexibility index (Phi) is 8.06. The zero-order chi connectivity index (χ0) is 18.9. The summed E-state index contributed by atoms with van der Waals surface area (Å²) in [6.45, 7) is 8.21. The van der Waals surface area contributed by atoms with E-state index in [1.54, 1.807) is 6.26 Å². The predicted octanol–water partition coefficient (Wildman–Crippen LogP) is 4.24. The molecule has 1 aromatic rings. The average Bonchev–Trinajstić information content (AvgIpc) is 3.40. The minimum atomic E-state index is 0.426. The molecule has 1 saturated carbocycles. The van der Waals surface area contributed by atoms with Crippen molar-refractivity contribution in [1.82, 2.24) is 10.2 Å². The van der Waals surface area contributed by atoms with E-state index in [4.69, 9.17) is 14.1 Å². The van der Waals surface area contributed by atoms with E-state index in [0.29, 0.717) is 12.1 Å². The fourth-order valence-electron chi connectivity index (χ4n) is 3.97. The van der Waals surface area contributed by atoms with Gasteiger partial charge in [-0.1, -0.05) is 19.8 Å². The van der Waals surface area contributed by atoms with Gasteiger partial charge in [-0.25, -0.2) is 0 Å². The molecular formula is C22H37N3O2. The lowest BCUT2D eigenvalue weighted by atomic mass is 10.1. The lowest BCUT2D eigenvalue weighted by Gasteiger charge is -2.35. The molecule has 2 heterocycles. The van der Waals surface area contributed by atoms with Crippen LogP contribution in [0.25, 0.3) is 0 Å². The highest BCUT2D eigenvalue weighted by molar-refractivity contribution is 5.80. The third-order valence-corrected chi connectivity index (χ3v) is 5.97. The SMILES string of the molecule is CCC(C)NC(=NCCc1ccco1)N1CCC(OCC2CCCC2)CC1. The smallest absolute Gasteiger partial charge is 0.194 e. The zero-order valence-corrected chi connectivity index (χ0v) is 17.2. The van der Waals surface area contributed by atoms with Crippen molar-refractivity contribution in [3.63, 3.8) is 0 Å². The molecule has 2 aliphatic rings.